The highest BCUT2D eigenvalue weighted by Crippen LogP contribution is 2.67. The van der Waals surface area contributed by atoms with E-state index >= 15 is 0 Å². The highest BCUT2D eigenvalue weighted by molar-refractivity contribution is 7.11. The molecule has 0 spiro atoms. The second-order valence-corrected chi connectivity index (χ2v) is 14.4. The summed E-state index contributed by atoms with van der Waals surface area (Å²) < 4.78 is 15.5. The van der Waals surface area contributed by atoms with Gasteiger partial charge in [0.05, 0.1) is 52.8 Å². The quantitative estimate of drug-likeness (QED) is 0.278. The second-order valence-electron chi connectivity index (χ2n) is 13.6. The number of aryl methyl sites for hydroxylation is 1. The van der Waals surface area contributed by atoms with Crippen LogP contribution in [0.25, 0.3) is 11.8 Å². The summed E-state index contributed by atoms with van der Waals surface area (Å²) in [6.45, 7) is 6.00. The van der Waals surface area contributed by atoms with E-state index in [1.54, 1.807) is 19.1 Å². The summed E-state index contributed by atoms with van der Waals surface area (Å²) in [5.74, 6) is -1.77. The lowest BCUT2D eigenvalue weighted by molar-refractivity contribution is -0.243. The smallest absolute Gasteiger partial charge is 0.393 e. The molecule has 7 rings (SSSR count). The molecule has 234 valence electrons. The third-order valence-electron chi connectivity index (χ3n) is 11.4. The molecule has 0 radical (unpaired) electrons. The maximum absolute atomic E-state index is 13.7. The number of nitriles is 1. The van der Waals surface area contributed by atoms with E-state index in [2.05, 4.69) is 31.0 Å². The molecule has 0 bridgehead atoms. The largest absolute Gasteiger partial charge is 0.398 e. The average Bonchev–Trinajstić information content (AvgIpc) is 3.69. The van der Waals surface area contributed by atoms with Gasteiger partial charge < -0.3 is 5.11 Å². The van der Waals surface area contributed by atoms with Gasteiger partial charge in [0.25, 0.3) is 0 Å². The monoisotopic (exact) mass is 630 g/mol. The number of thiazole rings is 1. The van der Waals surface area contributed by atoms with E-state index in [0.29, 0.717) is 35.5 Å². The van der Waals surface area contributed by atoms with Crippen LogP contribution in [0.15, 0.2) is 35.3 Å². The fourth-order valence-corrected chi connectivity index (χ4v) is 10.1. The third kappa shape index (κ3) is 4.64. The molecule has 1 N–H and O–H groups in total. The van der Waals surface area contributed by atoms with Gasteiger partial charge in [-0.1, -0.05) is 19.4 Å². The SMILES string of the molecule is Cc1ncsc1C(=O)OOC(=O)[C@@H]1CC[C@H]2[C@@H]3CCC4=Cc5c(c(CC#N)nn5-c5ccc(F)cc5)C[C@]4(C)[C@H]3[C@@H](O)C[C@]12C. The molecule has 45 heavy (non-hydrogen) atoms. The van der Waals surface area contributed by atoms with Crippen molar-refractivity contribution in [2.45, 2.75) is 71.8 Å². The molecule has 0 aliphatic heterocycles. The predicted molar refractivity (Wildman–Crippen MR) is 162 cm³/mol. The van der Waals surface area contributed by atoms with E-state index in [1.165, 1.54) is 23.2 Å². The zero-order chi connectivity index (χ0) is 31.7. The number of aromatic nitrogens is 3. The van der Waals surface area contributed by atoms with Crippen molar-refractivity contribution >= 4 is 29.4 Å². The van der Waals surface area contributed by atoms with Crippen molar-refractivity contribution in [3.63, 3.8) is 0 Å². The number of benzene rings is 1. The van der Waals surface area contributed by atoms with Gasteiger partial charge in [0, 0.05) is 5.56 Å². The molecule has 0 saturated heterocycles. The van der Waals surface area contributed by atoms with E-state index in [0.717, 1.165) is 47.5 Å². The number of aliphatic hydroxyl groups is 1. The number of allylic oxidation sites excluding steroid dienone is 1. The molecule has 3 fully saturated rings. The van der Waals surface area contributed by atoms with Crippen molar-refractivity contribution in [3.05, 3.63) is 68.7 Å². The van der Waals surface area contributed by atoms with Gasteiger partial charge in [-0.05, 0) is 104 Å². The first-order valence-corrected chi connectivity index (χ1v) is 16.4. The molecule has 11 heteroatoms. The first-order valence-electron chi connectivity index (χ1n) is 15.5. The van der Waals surface area contributed by atoms with Crippen molar-refractivity contribution in [3.8, 4) is 11.8 Å². The number of rotatable bonds is 4. The van der Waals surface area contributed by atoms with Crippen LogP contribution in [0.1, 0.15) is 78.3 Å². The van der Waals surface area contributed by atoms with Gasteiger partial charge in [0.2, 0.25) is 0 Å². The minimum Gasteiger partial charge on any atom is -0.393 e. The lowest BCUT2D eigenvalue weighted by atomic mass is 9.46. The van der Waals surface area contributed by atoms with Gasteiger partial charge in [0.1, 0.15) is 10.7 Å². The van der Waals surface area contributed by atoms with Gasteiger partial charge in [-0.2, -0.15) is 10.4 Å². The molecular formula is C34H35FN4O5S. The second kappa shape index (κ2) is 10.9. The zero-order valence-corrected chi connectivity index (χ0v) is 26.3. The van der Waals surface area contributed by atoms with Crippen molar-refractivity contribution in [1.29, 1.82) is 5.26 Å². The van der Waals surface area contributed by atoms with Crippen LogP contribution in [-0.2, 0) is 27.4 Å². The highest BCUT2D eigenvalue weighted by Gasteiger charge is 2.64. The first-order chi connectivity index (χ1) is 21.5. The number of carbonyl (C=O) groups excluding carboxylic acids is 2. The number of carbonyl (C=O) groups is 2. The Hall–Kier alpha value is -3.88. The fraction of sp³-hybridized carbons (Fsp3) is 0.500. The number of nitrogens with zero attached hydrogens (tertiary/aromatic N) is 4. The Bertz CT molecular complexity index is 1760. The number of halogens is 1. The lowest BCUT2D eigenvalue weighted by Gasteiger charge is -2.59. The van der Waals surface area contributed by atoms with Crippen molar-refractivity contribution < 1.29 is 28.9 Å². The standard InChI is InChI=1S/C34H35FN4O5S/c1-18-30(45-17-37-18)32(42)44-43-31(41)25-11-10-24-22-9-4-19-14-27-23(15-33(19,2)29(22)28(40)16-34(24,25)3)26(12-13-36)38-39(27)21-7-5-20(35)6-8-21/h5-8,14,17,22,24-25,28-29,40H,4,9-12,15-16H2,1-3H3/t22-,24-,25-,28-,29+,33-,34-/m0/s1. The van der Waals surface area contributed by atoms with Crippen LogP contribution in [0.4, 0.5) is 4.39 Å². The predicted octanol–water partition coefficient (Wildman–Crippen LogP) is 5.93. The Morgan fingerprint density at radius 1 is 1.20 bits per heavy atom. The Balaban J connectivity index is 1.15. The van der Waals surface area contributed by atoms with Crippen molar-refractivity contribution in [2.24, 2.45) is 34.5 Å². The molecule has 2 aromatic heterocycles. The number of fused-ring (bicyclic) bond motifs is 6. The molecule has 0 amide bonds. The van der Waals surface area contributed by atoms with Crippen molar-refractivity contribution in [1.82, 2.24) is 14.8 Å². The van der Waals surface area contributed by atoms with E-state index < -0.39 is 29.4 Å². The zero-order valence-electron chi connectivity index (χ0n) is 25.5. The van der Waals surface area contributed by atoms with Gasteiger partial charge in [-0.3, -0.25) is 0 Å². The van der Waals surface area contributed by atoms with Crippen molar-refractivity contribution in [2.75, 3.05) is 0 Å². The van der Waals surface area contributed by atoms with Crippen LogP contribution in [0.5, 0.6) is 0 Å². The van der Waals surface area contributed by atoms with Gasteiger partial charge in [-0.25, -0.2) is 33.4 Å². The summed E-state index contributed by atoms with van der Waals surface area (Å²) in [6.07, 6.45) is 5.93. The Morgan fingerprint density at radius 3 is 2.69 bits per heavy atom. The summed E-state index contributed by atoms with van der Waals surface area (Å²) in [6, 6.07) is 8.45. The Kier molecular flexibility index (Phi) is 7.21. The van der Waals surface area contributed by atoms with Crippen LogP contribution < -0.4 is 0 Å². The molecular weight excluding hydrogens is 595 g/mol. The maximum Gasteiger partial charge on any atom is 0.398 e. The van der Waals surface area contributed by atoms with E-state index in [4.69, 9.17) is 14.9 Å². The lowest BCUT2D eigenvalue weighted by Crippen LogP contribution is -2.57. The van der Waals surface area contributed by atoms with E-state index in [9.17, 15) is 24.3 Å². The summed E-state index contributed by atoms with van der Waals surface area (Å²) in [4.78, 5) is 40.2. The highest BCUT2D eigenvalue weighted by atomic mass is 32.1. The van der Waals surface area contributed by atoms with Crippen LogP contribution in [0, 0.1) is 58.6 Å². The first kappa shape index (κ1) is 29.8. The molecule has 3 aromatic rings. The van der Waals surface area contributed by atoms with Crippen LogP contribution in [-0.4, -0.2) is 37.9 Å². The molecule has 4 aliphatic carbocycles. The molecule has 4 aliphatic rings. The average molecular weight is 631 g/mol. The molecule has 3 saturated carbocycles. The number of aliphatic hydroxyl groups excluding tert-OH is 1. The summed E-state index contributed by atoms with van der Waals surface area (Å²) in [5, 5.41) is 26.4. The van der Waals surface area contributed by atoms with E-state index in [1.807, 2.05) is 4.68 Å². The summed E-state index contributed by atoms with van der Waals surface area (Å²) in [7, 11) is 0. The molecule has 7 atom stereocenters. The van der Waals surface area contributed by atoms with Crippen LogP contribution in [0.3, 0.4) is 0 Å². The minimum atomic E-state index is -0.735. The summed E-state index contributed by atoms with van der Waals surface area (Å²) in [5.41, 5.74) is 5.82. The molecule has 2 heterocycles. The van der Waals surface area contributed by atoms with Gasteiger partial charge >= 0.3 is 11.9 Å². The fourth-order valence-electron chi connectivity index (χ4n) is 9.38. The topological polar surface area (TPSA) is 127 Å². The van der Waals surface area contributed by atoms with E-state index in [-0.39, 0.29) is 35.4 Å². The molecule has 0 unspecified atom stereocenters. The van der Waals surface area contributed by atoms with Crippen LogP contribution >= 0.6 is 11.3 Å². The maximum atomic E-state index is 13.7. The third-order valence-corrected chi connectivity index (χ3v) is 12.3. The van der Waals surface area contributed by atoms with Gasteiger partial charge in [0.15, 0.2) is 0 Å². The Labute approximate surface area is 264 Å². The van der Waals surface area contributed by atoms with Gasteiger partial charge in [-0.15, -0.1) is 11.3 Å². The van der Waals surface area contributed by atoms with Crippen LogP contribution in [0.2, 0.25) is 0 Å². The molecule has 1 aromatic carbocycles. The number of hydrogen-bond acceptors (Lipinski definition) is 9. The Morgan fingerprint density at radius 2 is 1.98 bits per heavy atom. The molecule has 9 nitrogen and oxygen atoms in total. The summed E-state index contributed by atoms with van der Waals surface area (Å²) >= 11 is 1.13. The number of hydrogen-bond donors (Lipinski definition) is 1. The minimum absolute atomic E-state index is 0.0327. The normalized spacial score (nSPS) is 31.5.